The van der Waals surface area contributed by atoms with Crippen LogP contribution in [-0.4, -0.2) is 25.8 Å². The maximum atomic E-state index is 13.9. The van der Waals surface area contributed by atoms with Crippen LogP contribution in [0.1, 0.15) is 43.7 Å². The van der Waals surface area contributed by atoms with Crippen LogP contribution in [0.4, 0.5) is 4.39 Å². The zero-order valence-corrected chi connectivity index (χ0v) is 13.0. The van der Waals surface area contributed by atoms with Crippen molar-refractivity contribution in [3.63, 3.8) is 0 Å². The van der Waals surface area contributed by atoms with Crippen molar-refractivity contribution in [1.29, 1.82) is 0 Å². The highest BCUT2D eigenvalue weighted by Crippen LogP contribution is 2.27. The molecule has 2 nitrogen and oxygen atoms in total. The second kappa shape index (κ2) is 7.39. The first-order valence-electron chi connectivity index (χ1n) is 7.37. The number of benzene rings is 1. The molecule has 20 heavy (non-hydrogen) atoms. The van der Waals surface area contributed by atoms with E-state index in [2.05, 4.69) is 5.32 Å². The van der Waals surface area contributed by atoms with E-state index >= 15 is 0 Å². The van der Waals surface area contributed by atoms with Crippen LogP contribution in [0.5, 0.6) is 0 Å². The van der Waals surface area contributed by atoms with Crippen LogP contribution in [0.2, 0.25) is 5.02 Å². The van der Waals surface area contributed by atoms with Crippen molar-refractivity contribution in [1.82, 2.24) is 5.32 Å². The Morgan fingerprint density at radius 2 is 2.25 bits per heavy atom. The first-order valence-corrected chi connectivity index (χ1v) is 7.74. The minimum Gasteiger partial charge on any atom is -0.379 e. The fourth-order valence-corrected chi connectivity index (χ4v) is 2.84. The largest absolute Gasteiger partial charge is 0.379 e. The second-order valence-electron chi connectivity index (χ2n) is 5.75. The third-order valence-electron chi connectivity index (χ3n) is 3.75. The normalized spacial score (nSPS) is 19.6. The molecular weight excluding hydrogens is 277 g/mol. The predicted molar refractivity (Wildman–Crippen MR) is 81.0 cm³/mol. The Bertz CT molecular complexity index is 444. The summed E-state index contributed by atoms with van der Waals surface area (Å²) in [6.07, 6.45) is 3.06. The Hall–Kier alpha value is -0.640. The van der Waals surface area contributed by atoms with Crippen molar-refractivity contribution in [2.75, 3.05) is 19.8 Å². The third-order valence-corrected chi connectivity index (χ3v) is 4.03. The Balaban J connectivity index is 1.92. The number of rotatable bonds is 5. The van der Waals surface area contributed by atoms with E-state index in [1.165, 1.54) is 0 Å². The van der Waals surface area contributed by atoms with Crippen molar-refractivity contribution in [2.45, 2.75) is 45.1 Å². The highest BCUT2D eigenvalue weighted by Gasteiger charge is 2.14. The van der Waals surface area contributed by atoms with Gasteiger partial charge < -0.3 is 10.1 Å². The Labute approximate surface area is 125 Å². The van der Waals surface area contributed by atoms with Gasteiger partial charge in [-0.1, -0.05) is 31.5 Å². The van der Waals surface area contributed by atoms with Crippen LogP contribution in [0, 0.1) is 5.82 Å². The lowest BCUT2D eigenvalue weighted by Gasteiger charge is -2.23. The molecule has 0 aromatic heterocycles. The van der Waals surface area contributed by atoms with E-state index in [1.807, 2.05) is 19.9 Å². The SMILES string of the molecule is CC(C)c1cc(CCC[C@@H]2COCCN2)cc(Cl)c1F. The Morgan fingerprint density at radius 3 is 2.90 bits per heavy atom. The lowest BCUT2D eigenvalue weighted by molar-refractivity contribution is 0.0736. The summed E-state index contributed by atoms with van der Waals surface area (Å²) in [6.45, 7) is 6.51. The number of aryl methyl sites for hydroxylation is 1. The van der Waals surface area contributed by atoms with E-state index in [0.29, 0.717) is 11.6 Å². The molecule has 1 aliphatic rings. The van der Waals surface area contributed by atoms with E-state index < -0.39 is 0 Å². The minimum absolute atomic E-state index is 0.154. The van der Waals surface area contributed by atoms with Crippen LogP contribution in [0.25, 0.3) is 0 Å². The van der Waals surface area contributed by atoms with Gasteiger partial charge in [0.1, 0.15) is 5.82 Å². The second-order valence-corrected chi connectivity index (χ2v) is 6.16. The van der Waals surface area contributed by atoms with Gasteiger partial charge in [-0.05, 0) is 42.4 Å². The summed E-state index contributed by atoms with van der Waals surface area (Å²) in [5.74, 6) is -0.117. The molecule has 1 atom stereocenters. The highest BCUT2D eigenvalue weighted by atomic mass is 35.5. The zero-order valence-electron chi connectivity index (χ0n) is 12.2. The van der Waals surface area contributed by atoms with Gasteiger partial charge in [-0.3, -0.25) is 0 Å². The third kappa shape index (κ3) is 4.18. The molecule has 0 spiro atoms. The standard InChI is InChI=1S/C16H23ClFNO/c1-11(2)14-8-12(9-15(17)16(14)18)4-3-5-13-10-20-7-6-19-13/h8-9,11,13,19H,3-7,10H2,1-2H3/t13-/m1/s1. The molecule has 1 N–H and O–H groups in total. The molecule has 0 bridgehead atoms. The van der Waals surface area contributed by atoms with Crippen LogP contribution >= 0.6 is 11.6 Å². The quantitative estimate of drug-likeness (QED) is 0.890. The van der Waals surface area contributed by atoms with Gasteiger partial charge in [0.15, 0.2) is 0 Å². The van der Waals surface area contributed by atoms with Gasteiger partial charge >= 0.3 is 0 Å². The summed E-state index contributed by atoms with van der Waals surface area (Å²) >= 11 is 5.98. The average Bonchev–Trinajstić information content (AvgIpc) is 2.43. The number of morpholine rings is 1. The first kappa shape index (κ1) is 15.7. The molecule has 0 radical (unpaired) electrons. The monoisotopic (exact) mass is 299 g/mol. The van der Waals surface area contributed by atoms with Crippen LogP contribution in [0.15, 0.2) is 12.1 Å². The van der Waals surface area contributed by atoms with Crippen molar-refractivity contribution >= 4 is 11.6 Å². The lowest BCUT2D eigenvalue weighted by atomic mass is 9.97. The van der Waals surface area contributed by atoms with Crippen LogP contribution < -0.4 is 5.32 Å². The average molecular weight is 300 g/mol. The van der Waals surface area contributed by atoms with Gasteiger partial charge in [0.2, 0.25) is 0 Å². The summed E-state index contributed by atoms with van der Waals surface area (Å²) in [4.78, 5) is 0. The van der Waals surface area contributed by atoms with Crippen LogP contribution in [-0.2, 0) is 11.2 Å². The molecule has 1 aromatic rings. The van der Waals surface area contributed by atoms with Crippen molar-refractivity contribution in [3.05, 3.63) is 34.1 Å². The molecular formula is C16H23ClFNO. The van der Waals surface area contributed by atoms with Gasteiger partial charge in [-0.2, -0.15) is 0 Å². The number of ether oxygens (including phenoxy) is 1. The van der Waals surface area contributed by atoms with Crippen molar-refractivity contribution < 1.29 is 9.13 Å². The topological polar surface area (TPSA) is 21.3 Å². The molecule has 0 unspecified atom stereocenters. The van der Waals surface area contributed by atoms with E-state index in [1.54, 1.807) is 6.07 Å². The molecule has 1 saturated heterocycles. The smallest absolute Gasteiger partial charge is 0.145 e. The predicted octanol–water partition coefficient (Wildman–Crippen LogP) is 3.91. The van der Waals surface area contributed by atoms with Gasteiger partial charge in [0.25, 0.3) is 0 Å². The fraction of sp³-hybridized carbons (Fsp3) is 0.625. The summed E-state index contributed by atoms with van der Waals surface area (Å²) in [5, 5.41) is 3.69. The Morgan fingerprint density at radius 1 is 1.45 bits per heavy atom. The Kier molecular flexibility index (Phi) is 5.82. The molecule has 112 valence electrons. The van der Waals surface area contributed by atoms with Gasteiger partial charge in [0.05, 0.1) is 18.2 Å². The number of hydrogen-bond donors (Lipinski definition) is 1. The summed E-state index contributed by atoms with van der Waals surface area (Å²) in [5.41, 5.74) is 1.84. The highest BCUT2D eigenvalue weighted by molar-refractivity contribution is 6.30. The minimum atomic E-state index is -0.271. The lowest BCUT2D eigenvalue weighted by Crippen LogP contribution is -2.41. The van der Waals surface area contributed by atoms with E-state index in [-0.39, 0.29) is 16.8 Å². The molecule has 1 aliphatic heterocycles. The number of halogens is 2. The van der Waals surface area contributed by atoms with E-state index in [9.17, 15) is 4.39 Å². The summed E-state index contributed by atoms with van der Waals surface area (Å²) in [7, 11) is 0. The van der Waals surface area contributed by atoms with Crippen molar-refractivity contribution in [2.24, 2.45) is 0 Å². The molecule has 0 amide bonds. The van der Waals surface area contributed by atoms with Crippen molar-refractivity contribution in [3.8, 4) is 0 Å². The molecule has 1 fully saturated rings. The molecule has 0 saturated carbocycles. The molecule has 1 aromatic carbocycles. The van der Waals surface area contributed by atoms with Gasteiger partial charge in [-0.15, -0.1) is 0 Å². The number of nitrogens with one attached hydrogen (secondary N) is 1. The maximum Gasteiger partial charge on any atom is 0.145 e. The summed E-state index contributed by atoms with van der Waals surface area (Å²) < 4.78 is 19.3. The number of hydrogen-bond acceptors (Lipinski definition) is 2. The molecule has 4 heteroatoms. The van der Waals surface area contributed by atoms with E-state index in [0.717, 1.165) is 44.6 Å². The maximum absolute atomic E-state index is 13.9. The van der Waals surface area contributed by atoms with Crippen LogP contribution in [0.3, 0.4) is 0 Å². The first-order chi connectivity index (χ1) is 9.58. The van der Waals surface area contributed by atoms with E-state index in [4.69, 9.17) is 16.3 Å². The van der Waals surface area contributed by atoms with Gasteiger partial charge in [0, 0.05) is 12.6 Å². The fourth-order valence-electron chi connectivity index (χ4n) is 2.59. The molecule has 1 heterocycles. The zero-order chi connectivity index (χ0) is 14.5. The molecule has 2 rings (SSSR count). The summed E-state index contributed by atoms with van der Waals surface area (Å²) in [6, 6.07) is 4.16. The van der Waals surface area contributed by atoms with Gasteiger partial charge in [-0.25, -0.2) is 4.39 Å². The molecule has 0 aliphatic carbocycles.